The first-order chi connectivity index (χ1) is 12.5. The third-order valence-electron chi connectivity index (χ3n) is 4.05. The topological polar surface area (TPSA) is 76.0 Å². The molecule has 6 nitrogen and oxygen atoms in total. The first-order valence-electron chi connectivity index (χ1n) is 8.49. The Hall–Kier alpha value is -1.99. The molecule has 26 heavy (non-hydrogen) atoms. The van der Waals surface area contributed by atoms with Gasteiger partial charge in [-0.3, -0.25) is 9.59 Å². The van der Waals surface area contributed by atoms with Gasteiger partial charge in [0, 0.05) is 28.6 Å². The maximum atomic E-state index is 12.3. The minimum absolute atomic E-state index is 0.461. The summed E-state index contributed by atoms with van der Waals surface area (Å²) in [6, 6.07) is 7.23. The van der Waals surface area contributed by atoms with Crippen molar-refractivity contribution in [2.24, 2.45) is 5.92 Å². The summed E-state index contributed by atoms with van der Waals surface area (Å²) in [6.07, 6.45) is 0.825. The number of thioether (sulfide) groups is 1. The van der Waals surface area contributed by atoms with Crippen LogP contribution in [0.15, 0.2) is 24.3 Å². The second-order valence-corrected chi connectivity index (χ2v) is 7.97. The molecule has 0 saturated carbocycles. The molecule has 1 aliphatic rings. The van der Waals surface area contributed by atoms with E-state index < -0.39 is 11.8 Å². The molecular weight excluding hydrogens is 372 g/mol. The van der Waals surface area contributed by atoms with Crippen molar-refractivity contribution in [3.63, 3.8) is 0 Å². The highest BCUT2D eigenvalue weighted by molar-refractivity contribution is 7.98. The molecule has 0 radical (unpaired) electrons. The molecule has 2 heterocycles. The highest BCUT2D eigenvalue weighted by Crippen LogP contribution is 2.36. The van der Waals surface area contributed by atoms with Gasteiger partial charge in [-0.05, 0) is 30.5 Å². The second-order valence-electron chi connectivity index (χ2n) is 6.55. The molecule has 0 bridgehead atoms. The standard InChI is InChI=1S/C18H21ClN4O2S/c1-11(2)6-7-20-17(24)18(25)21-16-14-9-26-10-15(14)22-23(16)13-5-3-4-12(19)8-13/h3-5,8,11H,6-7,9-10H2,1-2H3,(H,20,24)(H,21,25). The van der Waals surface area contributed by atoms with E-state index in [1.165, 1.54) is 0 Å². The normalized spacial score (nSPS) is 12.9. The van der Waals surface area contributed by atoms with Crippen LogP contribution in [-0.4, -0.2) is 28.1 Å². The summed E-state index contributed by atoms with van der Waals surface area (Å²) < 4.78 is 1.65. The maximum absolute atomic E-state index is 12.3. The van der Waals surface area contributed by atoms with Crippen molar-refractivity contribution in [3.05, 3.63) is 40.5 Å². The smallest absolute Gasteiger partial charge is 0.314 e. The van der Waals surface area contributed by atoms with E-state index in [0.29, 0.717) is 23.3 Å². The van der Waals surface area contributed by atoms with Crippen molar-refractivity contribution < 1.29 is 9.59 Å². The fraction of sp³-hybridized carbons (Fsp3) is 0.389. The van der Waals surface area contributed by atoms with Gasteiger partial charge in [0.25, 0.3) is 0 Å². The average molecular weight is 393 g/mol. The fourth-order valence-corrected chi connectivity index (χ4v) is 3.87. The van der Waals surface area contributed by atoms with Crippen LogP contribution in [0, 0.1) is 5.92 Å². The number of carbonyl (C=O) groups excluding carboxylic acids is 2. The zero-order valence-corrected chi connectivity index (χ0v) is 16.3. The Morgan fingerprint density at radius 3 is 2.85 bits per heavy atom. The minimum atomic E-state index is -0.684. The SMILES string of the molecule is CC(C)CCNC(=O)C(=O)Nc1c2c(nn1-c1cccc(Cl)c1)CSC2. The largest absolute Gasteiger partial charge is 0.348 e. The number of fused-ring (bicyclic) bond motifs is 1. The van der Waals surface area contributed by atoms with E-state index in [9.17, 15) is 9.59 Å². The van der Waals surface area contributed by atoms with Gasteiger partial charge in [0.2, 0.25) is 0 Å². The van der Waals surface area contributed by atoms with Crippen LogP contribution < -0.4 is 10.6 Å². The van der Waals surface area contributed by atoms with Gasteiger partial charge < -0.3 is 10.6 Å². The summed E-state index contributed by atoms with van der Waals surface area (Å²) in [4.78, 5) is 24.4. The van der Waals surface area contributed by atoms with Crippen LogP contribution in [0.25, 0.3) is 5.69 Å². The van der Waals surface area contributed by atoms with Gasteiger partial charge in [0.15, 0.2) is 0 Å². The predicted octanol–water partition coefficient (Wildman–Crippen LogP) is 3.37. The summed E-state index contributed by atoms with van der Waals surface area (Å²) in [6.45, 7) is 4.61. The van der Waals surface area contributed by atoms with Crippen molar-refractivity contribution >= 4 is 41.0 Å². The van der Waals surface area contributed by atoms with Crippen molar-refractivity contribution in [3.8, 4) is 5.69 Å². The number of anilines is 1. The van der Waals surface area contributed by atoms with Crippen molar-refractivity contribution in [1.82, 2.24) is 15.1 Å². The lowest BCUT2D eigenvalue weighted by atomic mass is 10.1. The Labute approximate surface area is 161 Å². The zero-order valence-electron chi connectivity index (χ0n) is 14.7. The van der Waals surface area contributed by atoms with Crippen LogP contribution in [0.1, 0.15) is 31.5 Å². The summed E-state index contributed by atoms with van der Waals surface area (Å²) in [5, 5.41) is 10.6. The molecule has 2 N–H and O–H groups in total. The molecule has 2 aromatic rings. The van der Waals surface area contributed by atoms with Crippen LogP contribution in [0.3, 0.4) is 0 Å². The third-order valence-corrected chi connectivity index (χ3v) is 5.26. The van der Waals surface area contributed by atoms with E-state index >= 15 is 0 Å². The van der Waals surface area contributed by atoms with Gasteiger partial charge in [0.05, 0.1) is 11.4 Å². The van der Waals surface area contributed by atoms with E-state index in [2.05, 4.69) is 29.6 Å². The van der Waals surface area contributed by atoms with Gasteiger partial charge in [-0.15, -0.1) is 0 Å². The first kappa shape index (κ1) is 18.8. The van der Waals surface area contributed by atoms with Crippen LogP contribution in [0.2, 0.25) is 5.02 Å². The highest BCUT2D eigenvalue weighted by Gasteiger charge is 2.26. The minimum Gasteiger partial charge on any atom is -0.348 e. The Kier molecular flexibility index (Phi) is 5.88. The number of amides is 2. The number of rotatable bonds is 5. The van der Waals surface area contributed by atoms with Crippen LogP contribution in [0.5, 0.6) is 0 Å². The number of aromatic nitrogens is 2. The molecular formula is C18H21ClN4O2S. The highest BCUT2D eigenvalue weighted by atomic mass is 35.5. The monoisotopic (exact) mass is 392 g/mol. The fourth-order valence-electron chi connectivity index (χ4n) is 2.66. The molecule has 2 amide bonds. The zero-order chi connectivity index (χ0) is 18.7. The van der Waals surface area contributed by atoms with Gasteiger partial charge in [0.1, 0.15) is 5.82 Å². The van der Waals surface area contributed by atoms with Crippen LogP contribution in [-0.2, 0) is 21.1 Å². The van der Waals surface area contributed by atoms with E-state index in [1.807, 2.05) is 12.1 Å². The van der Waals surface area contributed by atoms with Gasteiger partial charge in [-0.2, -0.15) is 16.9 Å². The Morgan fingerprint density at radius 2 is 2.12 bits per heavy atom. The summed E-state index contributed by atoms with van der Waals surface area (Å²) in [5.74, 6) is 1.21. The number of halogens is 1. The molecule has 8 heteroatoms. The number of nitrogens with zero attached hydrogens (tertiary/aromatic N) is 2. The van der Waals surface area contributed by atoms with Crippen molar-refractivity contribution in [1.29, 1.82) is 0 Å². The maximum Gasteiger partial charge on any atom is 0.314 e. The molecule has 0 fully saturated rings. The number of nitrogens with one attached hydrogen (secondary N) is 2. The lowest BCUT2D eigenvalue weighted by Crippen LogP contribution is -2.36. The molecule has 0 saturated heterocycles. The molecule has 138 valence electrons. The van der Waals surface area contributed by atoms with E-state index in [1.54, 1.807) is 28.6 Å². The molecule has 1 aromatic carbocycles. The Bertz CT molecular complexity index is 835. The molecule has 3 rings (SSSR count). The van der Waals surface area contributed by atoms with Gasteiger partial charge >= 0.3 is 11.8 Å². The number of carbonyl (C=O) groups is 2. The van der Waals surface area contributed by atoms with E-state index in [-0.39, 0.29) is 0 Å². The quantitative estimate of drug-likeness (QED) is 0.765. The molecule has 0 unspecified atom stereocenters. The summed E-state index contributed by atoms with van der Waals surface area (Å²) >= 11 is 7.81. The van der Waals surface area contributed by atoms with Gasteiger partial charge in [-0.1, -0.05) is 31.5 Å². The van der Waals surface area contributed by atoms with Crippen molar-refractivity contribution in [2.75, 3.05) is 11.9 Å². The summed E-state index contributed by atoms with van der Waals surface area (Å²) in [7, 11) is 0. The van der Waals surface area contributed by atoms with Crippen molar-refractivity contribution in [2.45, 2.75) is 31.8 Å². The van der Waals surface area contributed by atoms with Gasteiger partial charge in [-0.25, -0.2) is 4.68 Å². The Morgan fingerprint density at radius 1 is 1.31 bits per heavy atom. The lowest BCUT2D eigenvalue weighted by Gasteiger charge is -2.11. The molecule has 1 aliphatic heterocycles. The first-order valence-corrected chi connectivity index (χ1v) is 10.0. The third kappa shape index (κ3) is 4.22. The number of hydrogen-bond acceptors (Lipinski definition) is 4. The molecule has 0 aliphatic carbocycles. The lowest BCUT2D eigenvalue weighted by molar-refractivity contribution is -0.136. The van der Waals surface area contributed by atoms with Crippen LogP contribution in [0.4, 0.5) is 5.82 Å². The van der Waals surface area contributed by atoms with E-state index in [4.69, 9.17) is 11.6 Å². The van der Waals surface area contributed by atoms with Crippen LogP contribution >= 0.6 is 23.4 Å². The molecule has 0 spiro atoms. The van der Waals surface area contributed by atoms with E-state index in [0.717, 1.165) is 34.9 Å². The number of hydrogen-bond donors (Lipinski definition) is 2. The predicted molar refractivity (Wildman–Crippen MR) is 105 cm³/mol. The second kappa shape index (κ2) is 8.14. The number of benzene rings is 1. The summed E-state index contributed by atoms with van der Waals surface area (Å²) in [5.41, 5.74) is 2.62. The molecule has 1 aromatic heterocycles. The Balaban J connectivity index is 1.81. The molecule has 0 atom stereocenters. The average Bonchev–Trinajstić information content (AvgIpc) is 3.17.